The molecule has 3 rings (SSSR count). The van der Waals surface area contributed by atoms with Crippen molar-refractivity contribution in [1.29, 1.82) is 0 Å². The monoisotopic (exact) mass is 309 g/mol. The van der Waals surface area contributed by atoms with Gasteiger partial charge in [0.1, 0.15) is 0 Å². The van der Waals surface area contributed by atoms with Gasteiger partial charge in [0, 0.05) is 0 Å². The Bertz CT molecular complexity index is 807. The Morgan fingerprint density at radius 3 is 2.53 bits per heavy atom. The van der Waals surface area contributed by atoms with E-state index in [2.05, 4.69) is 4.98 Å². The van der Waals surface area contributed by atoms with E-state index in [-0.39, 0.29) is 4.87 Å². The molecule has 3 aromatic rings. The maximum atomic E-state index is 11.3. The van der Waals surface area contributed by atoms with E-state index in [1.807, 2.05) is 30.3 Å². The Hall–Kier alpha value is -1.29. The lowest BCUT2D eigenvalue weighted by molar-refractivity contribution is 1.20. The van der Waals surface area contributed by atoms with Crippen LogP contribution >= 0.6 is 34.5 Å². The molecule has 0 fully saturated rings. The quantitative estimate of drug-likeness (QED) is 0.743. The third-order valence-electron chi connectivity index (χ3n) is 2.88. The average Bonchev–Trinajstić information content (AvgIpc) is 2.73. The van der Waals surface area contributed by atoms with Crippen molar-refractivity contribution in [2.45, 2.75) is 6.42 Å². The Labute approximate surface area is 123 Å². The van der Waals surface area contributed by atoms with Crippen LogP contribution in [0.1, 0.15) is 11.1 Å². The molecule has 1 aromatic heterocycles. The van der Waals surface area contributed by atoms with Crippen molar-refractivity contribution in [2.24, 2.45) is 0 Å². The summed E-state index contributed by atoms with van der Waals surface area (Å²) in [7, 11) is 0. The van der Waals surface area contributed by atoms with E-state index in [0.29, 0.717) is 10.0 Å². The average molecular weight is 310 g/mol. The van der Waals surface area contributed by atoms with Crippen LogP contribution < -0.4 is 4.87 Å². The summed E-state index contributed by atoms with van der Waals surface area (Å²) in [6.07, 6.45) is 0.763. The van der Waals surface area contributed by atoms with Crippen molar-refractivity contribution in [3.63, 3.8) is 0 Å². The number of aromatic nitrogens is 1. The Kier molecular flexibility index (Phi) is 3.35. The van der Waals surface area contributed by atoms with Crippen LogP contribution in [0.3, 0.4) is 0 Å². The summed E-state index contributed by atoms with van der Waals surface area (Å²) in [5, 5.41) is 1.12. The zero-order valence-corrected chi connectivity index (χ0v) is 12.1. The molecular weight excluding hydrogens is 301 g/mol. The molecule has 0 radical (unpaired) electrons. The molecule has 96 valence electrons. The minimum Gasteiger partial charge on any atom is -0.312 e. The van der Waals surface area contributed by atoms with Crippen LogP contribution in [0, 0.1) is 0 Å². The molecule has 0 amide bonds. The van der Waals surface area contributed by atoms with Gasteiger partial charge in [0.15, 0.2) is 0 Å². The lowest BCUT2D eigenvalue weighted by Gasteiger charge is -2.04. The highest BCUT2D eigenvalue weighted by atomic mass is 35.5. The number of thiazole rings is 1. The Balaban J connectivity index is 1.95. The van der Waals surface area contributed by atoms with Gasteiger partial charge < -0.3 is 4.98 Å². The summed E-state index contributed by atoms with van der Waals surface area (Å²) < 4.78 is 0.975. The standard InChI is InChI=1S/C14H9Cl2NOS/c15-10-3-1-8(6-11(10)16)5-9-2-4-12-13(7-9)19-14(18)17-12/h1-4,6-7H,5H2,(H,17,18). The fourth-order valence-corrected chi connectivity index (χ4v) is 3.11. The van der Waals surface area contributed by atoms with E-state index in [1.54, 1.807) is 6.07 Å². The molecule has 2 aromatic carbocycles. The third kappa shape index (κ3) is 2.68. The van der Waals surface area contributed by atoms with Crippen molar-refractivity contribution < 1.29 is 0 Å². The van der Waals surface area contributed by atoms with Gasteiger partial charge >= 0.3 is 4.87 Å². The summed E-state index contributed by atoms with van der Waals surface area (Å²) in [5.74, 6) is 0. The summed E-state index contributed by atoms with van der Waals surface area (Å²) in [6, 6.07) is 11.6. The zero-order chi connectivity index (χ0) is 13.4. The third-order valence-corrected chi connectivity index (χ3v) is 4.46. The second-order valence-corrected chi connectivity index (χ2v) is 6.10. The molecule has 0 unspecified atom stereocenters. The molecule has 0 spiro atoms. The number of fused-ring (bicyclic) bond motifs is 1. The minimum atomic E-state index is -0.0262. The van der Waals surface area contributed by atoms with Crippen LogP contribution in [0.15, 0.2) is 41.2 Å². The van der Waals surface area contributed by atoms with Crippen molar-refractivity contribution in [2.75, 3.05) is 0 Å². The van der Waals surface area contributed by atoms with E-state index in [1.165, 1.54) is 11.3 Å². The summed E-state index contributed by atoms with van der Waals surface area (Å²) in [4.78, 5) is 14.0. The van der Waals surface area contributed by atoms with Crippen LogP contribution in [0.2, 0.25) is 10.0 Å². The first-order valence-electron chi connectivity index (χ1n) is 5.67. The lowest BCUT2D eigenvalue weighted by atomic mass is 10.1. The normalized spacial score (nSPS) is 11.1. The largest absolute Gasteiger partial charge is 0.312 e. The maximum absolute atomic E-state index is 11.3. The van der Waals surface area contributed by atoms with Crippen LogP contribution in [0.4, 0.5) is 0 Å². The minimum absolute atomic E-state index is 0.0262. The van der Waals surface area contributed by atoms with Gasteiger partial charge in [-0.05, 0) is 41.8 Å². The predicted molar refractivity (Wildman–Crippen MR) is 81.7 cm³/mol. The Morgan fingerprint density at radius 2 is 1.74 bits per heavy atom. The number of hydrogen-bond acceptors (Lipinski definition) is 2. The van der Waals surface area contributed by atoms with Gasteiger partial charge in [-0.1, -0.05) is 46.7 Å². The van der Waals surface area contributed by atoms with E-state index >= 15 is 0 Å². The fraction of sp³-hybridized carbons (Fsp3) is 0.0714. The topological polar surface area (TPSA) is 32.9 Å². The molecule has 1 N–H and O–H groups in total. The molecule has 0 aliphatic heterocycles. The molecule has 2 nitrogen and oxygen atoms in total. The van der Waals surface area contributed by atoms with Crippen LogP contribution in [0.25, 0.3) is 10.2 Å². The van der Waals surface area contributed by atoms with Crippen molar-refractivity contribution >= 4 is 44.8 Å². The molecule has 19 heavy (non-hydrogen) atoms. The van der Waals surface area contributed by atoms with Gasteiger partial charge in [-0.2, -0.15) is 0 Å². The number of nitrogens with one attached hydrogen (secondary N) is 1. The summed E-state index contributed by atoms with van der Waals surface area (Å²) in [6.45, 7) is 0. The van der Waals surface area contributed by atoms with Crippen LogP contribution in [0.5, 0.6) is 0 Å². The van der Waals surface area contributed by atoms with Gasteiger partial charge in [0.2, 0.25) is 0 Å². The highest BCUT2D eigenvalue weighted by Crippen LogP contribution is 2.25. The van der Waals surface area contributed by atoms with E-state index in [9.17, 15) is 4.79 Å². The fourth-order valence-electron chi connectivity index (χ4n) is 1.99. The van der Waals surface area contributed by atoms with Gasteiger partial charge in [-0.25, -0.2) is 0 Å². The molecule has 0 bridgehead atoms. The highest BCUT2D eigenvalue weighted by Gasteiger charge is 2.04. The molecule has 0 aliphatic rings. The number of hydrogen-bond donors (Lipinski definition) is 1. The first-order chi connectivity index (χ1) is 9.11. The molecule has 0 aliphatic carbocycles. The molecule has 0 saturated carbocycles. The van der Waals surface area contributed by atoms with Gasteiger partial charge in [0.05, 0.1) is 20.3 Å². The number of benzene rings is 2. The molecule has 1 heterocycles. The van der Waals surface area contributed by atoms with Crippen molar-refractivity contribution in [3.05, 3.63) is 67.2 Å². The smallest absolute Gasteiger partial charge is 0.305 e. The predicted octanol–water partition coefficient (Wildman–Crippen LogP) is 4.49. The first kappa shape index (κ1) is 12.7. The second kappa shape index (κ2) is 5.00. The molecule has 0 saturated heterocycles. The summed E-state index contributed by atoms with van der Waals surface area (Å²) >= 11 is 13.1. The first-order valence-corrected chi connectivity index (χ1v) is 7.25. The highest BCUT2D eigenvalue weighted by molar-refractivity contribution is 7.16. The molecule has 0 atom stereocenters. The van der Waals surface area contributed by atoms with E-state index in [0.717, 1.165) is 27.8 Å². The number of rotatable bonds is 2. The van der Waals surface area contributed by atoms with Gasteiger partial charge in [-0.15, -0.1) is 0 Å². The van der Waals surface area contributed by atoms with Crippen LogP contribution in [-0.4, -0.2) is 4.98 Å². The van der Waals surface area contributed by atoms with Crippen molar-refractivity contribution in [1.82, 2.24) is 4.98 Å². The number of halogens is 2. The number of aromatic amines is 1. The zero-order valence-electron chi connectivity index (χ0n) is 9.74. The molecule has 5 heteroatoms. The second-order valence-electron chi connectivity index (χ2n) is 4.27. The van der Waals surface area contributed by atoms with Gasteiger partial charge in [-0.3, -0.25) is 4.79 Å². The Morgan fingerprint density at radius 1 is 1.00 bits per heavy atom. The summed E-state index contributed by atoms with van der Waals surface area (Å²) in [5.41, 5.74) is 3.12. The van der Waals surface area contributed by atoms with Gasteiger partial charge in [0.25, 0.3) is 0 Å². The van der Waals surface area contributed by atoms with Crippen LogP contribution in [-0.2, 0) is 6.42 Å². The SMILES string of the molecule is O=c1[nH]c2ccc(Cc3ccc(Cl)c(Cl)c3)cc2s1. The number of H-pyrrole nitrogens is 1. The lowest BCUT2D eigenvalue weighted by Crippen LogP contribution is -1.89. The molecular formula is C14H9Cl2NOS. The van der Waals surface area contributed by atoms with E-state index < -0.39 is 0 Å². The maximum Gasteiger partial charge on any atom is 0.305 e. The van der Waals surface area contributed by atoms with Crippen molar-refractivity contribution in [3.8, 4) is 0 Å². The van der Waals surface area contributed by atoms with E-state index in [4.69, 9.17) is 23.2 Å².